The first-order valence-electron chi connectivity index (χ1n) is 8.19. The molecule has 0 spiro atoms. The third-order valence-electron chi connectivity index (χ3n) is 4.74. The molecule has 124 valence electrons. The Morgan fingerprint density at radius 2 is 2.04 bits per heavy atom. The Hall–Kier alpha value is -2.08. The Morgan fingerprint density at radius 3 is 2.75 bits per heavy atom. The third-order valence-corrected chi connectivity index (χ3v) is 5.23. The number of carbonyl (C=O) groups excluding carboxylic acids is 1. The van der Waals surface area contributed by atoms with Gasteiger partial charge in [-0.05, 0) is 44.0 Å². The van der Waals surface area contributed by atoms with E-state index in [0.29, 0.717) is 11.6 Å². The van der Waals surface area contributed by atoms with Gasteiger partial charge in [0.1, 0.15) is 5.69 Å². The number of aromatic nitrogens is 3. The smallest absolute Gasteiger partial charge is 0.270 e. The lowest BCUT2D eigenvalue weighted by Crippen LogP contribution is -2.38. The molecule has 24 heavy (non-hydrogen) atoms. The number of hydrogen-bond acceptors (Lipinski definition) is 2. The molecule has 4 rings (SSSR count). The number of amides is 1. The normalized spacial score (nSPS) is 16.0. The van der Waals surface area contributed by atoms with E-state index in [1.165, 1.54) is 0 Å². The van der Waals surface area contributed by atoms with Crippen molar-refractivity contribution in [2.45, 2.75) is 25.7 Å². The predicted octanol–water partition coefficient (Wildman–Crippen LogP) is 3.98. The van der Waals surface area contributed by atoms with Crippen LogP contribution in [-0.4, -0.2) is 39.1 Å². The van der Waals surface area contributed by atoms with Crippen molar-refractivity contribution in [1.29, 1.82) is 0 Å². The summed E-state index contributed by atoms with van der Waals surface area (Å²) in [5.41, 5.74) is 3.86. The van der Waals surface area contributed by atoms with Gasteiger partial charge in [-0.25, -0.2) is 0 Å². The lowest BCUT2D eigenvalue weighted by atomic mass is 9.93. The second kappa shape index (κ2) is 6.09. The molecule has 0 unspecified atom stereocenters. The van der Waals surface area contributed by atoms with Gasteiger partial charge >= 0.3 is 0 Å². The van der Waals surface area contributed by atoms with Gasteiger partial charge in [0.2, 0.25) is 0 Å². The van der Waals surface area contributed by atoms with E-state index in [4.69, 9.17) is 0 Å². The fourth-order valence-electron chi connectivity index (χ4n) is 3.41. The summed E-state index contributed by atoms with van der Waals surface area (Å²) in [6.45, 7) is 3.56. The summed E-state index contributed by atoms with van der Waals surface area (Å²) in [5, 5.41) is 8.43. The fraction of sp³-hybridized carbons (Fsp3) is 0.333. The molecule has 0 bridgehead atoms. The van der Waals surface area contributed by atoms with Crippen LogP contribution in [0.2, 0.25) is 0 Å². The minimum absolute atomic E-state index is 0.0824. The Balaban J connectivity index is 1.47. The van der Waals surface area contributed by atoms with E-state index in [1.807, 2.05) is 36.1 Å². The van der Waals surface area contributed by atoms with Crippen molar-refractivity contribution in [2.75, 3.05) is 13.1 Å². The molecule has 1 aromatic carbocycles. The third kappa shape index (κ3) is 2.86. The van der Waals surface area contributed by atoms with Gasteiger partial charge in [0.05, 0.1) is 5.69 Å². The number of fused-ring (bicyclic) bond motifs is 1. The summed E-state index contributed by atoms with van der Waals surface area (Å²) in [6, 6.07) is 10.0. The van der Waals surface area contributed by atoms with Gasteiger partial charge in [-0.3, -0.25) is 9.89 Å². The molecule has 0 saturated carbocycles. The average Bonchev–Trinajstić information content (AvgIpc) is 3.20. The second-order valence-electron chi connectivity index (χ2n) is 6.46. The lowest BCUT2D eigenvalue weighted by Gasteiger charge is -2.31. The molecule has 1 aliphatic rings. The van der Waals surface area contributed by atoms with E-state index in [2.05, 4.69) is 37.2 Å². The van der Waals surface area contributed by atoms with Crippen LogP contribution < -0.4 is 0 Å². The van der Waals surface area contributed by atoms with E-state index >= 15 is 0 Å². The minimum Gasteiger partial charge on any atom is -0.350 e. The monoisotopic (exact) mass is 386 g/mol. The van der Waals surface area contributed by atoms with Crippen LogP contribution in [0.4, 0.5) is 0 Å². The second-order valence-corrected chi connectivity index (χ2v) is 7.37. The Kier molecular flexibility index (Phi) is 3.92. The molecule has 6 heteroatoms. The maximum Gasteiger partial charge on any atom is 0.270 e. The highest BCUT2D eigenvalue weighted by Gasteiger charge is 2.26. The van der Waals surface area contributed by atoms with E-state index in [-0.39, 0.29) is 5.91 Å². The zero-order valence-electron chi connectivity index (χ0n) is 13.5. The predicted molar refractivity (Wildman–Crippen MR) is 97.2 cm³/mol. The van der Waals surface area contributed by atoms with Crippen LogP contribution >= 0.6 is 15.9 Å². The molecular formula is C18H19BrN4O. The van der Waals surface area contributed by atoms with Crippen molar-refractivity contribution in [2.24, 2.45) is 0 Å². The van der Waals surface area contributed by atoms with E-state index < -0.39 is 0 Å². The molecule has 2 aromatic heterocycles. The molecule has 1 aliphatic heterocycles. The van der Waals surface area contributed by atoms with Crippen LogP contribution in [0.3, 0.4) is 0 Å². The zero-order valence-corrected chi connectivity index (χ0v) is 15.1. The first-order chi connectivity index (χ1) is 11.6. The molecule has 1 amide bonds. The van der Waals surface area contributed by atoms with Crippen molar-refractivity contribution in [3.05, 3.63) is 51.9 Å². The molecule has 1 saturated heterocycles. The van der Waals surface area contributed by atoms with Gasteiger partial charge in [0, 0.05) is 40.1 Å². The number of H-pyrrole nitrogens is 2. The van der Waals surface area contributed by atoms with Crippen molar-refractivity contribution in [1.82, 2.24) is 20.1 Å². The van der Waals surface area contributed by atoms with Gasteiger partial charge in [-0.15, -0.1) is 0 Å². The molecule has 0 aliphatic carbocycles. The Bertz CT molecular complexity index is 889. The molecule has 0 atom stereocenters. The quantitative estimate of drug-likeness (QED) is 0.699. The first kappa shape index (κ1) is 15.4. The van der Waals surface area contributed by atoms with Crippen LogP contribution in [-0.2, 0) is 0 Å². The first-order valence-corrected chi connectivity index (χ1v) is 8.99. The number of nitrogens with one attached hydrogen (secondary N) is 2. The lowest BCUT2D eigenvalue weighted by molar-refractivity contribution is 0.0707. The Morgan fingerprint density at radius 1 is 1.25 bits per heavy atom. The summed E-state index contributed by atoms with van der Waals surface area (Å²) in [4.78, 5) is 17.9. The van der Waals surface area contributed by atoms with E-state index in [1.54, 1.807) is 0 Å². The number of nitrogens with zero attached hydrogens (tertiary/aromatic N) is 2. The van der Waals surface area contributed by atoms with Crippen molar-refractivity contribution < 1.29 is 4.79 Å². The molecule has 3 heterocycles. The molecule has 1 fully saturated rings. The maximum absolute atomic E-state index is 12.8. The Labute approximate surface area is 148 Å². The standard InChI is InChI=1S/C18H19BrN4O/c1-11-8-16(22-21-11)12-4-6-23(7-5-12)18(24)17-9-13-2-3-14(19)10-15(13)20-17/h2-3,8-10,12,20H,4-7H2,1H3,(H,21,22). The van der Waals surface area contributed by atoms with Crippen molar-refractivity contribution >= 4 is 32.7 Å². The van der Waals surface area contributed by atoms with Gasteiger partial charge in [-0.1, -0.05) is 22.0 Å². The number of aromatic amines is 2. The molecule has 5 nitrogen and oxygen atoms in total. The number of piperidine rings is 1. The van der Waals surface area contributed by atoms with Crippen LogP contribution in [0.15, 0.2) is 34.8 Å². The molecule has 0 radical (unpaired) electrons. The zero-order chi connectivity index (χ0) is 16.7. The number of halogens is 1. The largest absolute Gasteiger partial charge is 0.350 e. The number of benzene rings is 1. The highest BCUT2D eigenvalue weighted by molar-refractivity contribution is 9.10. The number of aryl methyl sites for hydroxylation is 1. The number of carbonyl (C=O) groups is 1. The average molecular weight is 387 g/mol. The van der Waals surface area contributed by atoms with E-state index in [9.17, 15) is 4.79 Å². The summed E-state index contributed by atoms with van der Waals surface area (Å²) in [5.74, 6) is 0.525. The SMILES string of the molecule is Cc1cc(C2CCN(C(=O)c3cc4ccc(Br)cc4[nH]3)CC2)n[nH]1. The summed E-state index contributed by atoms with van der Waals surface area (Å²) in [6.07, 6.45) is 1.92. The van der Waals surface area contributed by atoms with Gasteiger partial charge in [0.25, 0.3) is 5.91 Å². The van der Waals surface area contributed by atoms with Crippen LogP contribution in [0.25, 0.3) is 10.9 Å². The summed E-state index contributed by atoms with van der Waals surface area (Å²) < 4.78 is 1.01. The van der Waals surface area contributed by atoms with Crippen LogP contribution in [0.5, 0.6) is 0 Å². The van der Waals surface area contributed by atoms with Crippen molar-refractivity contribution in [3.8, 4) is 0 Å². The van der Waals surface area contributed by atoms with Gasteiger partial charge in [0.15, 0.2) is 0 Å². The highest BCUT2D eigenvalue weighted by Crippen LogP contribution is 2.28. The summed E-state index contributed by atoms with van der Waals surface area (Å²) in [7, 11) is 0. The van der Waals surface area contributed by atoms with Gasteiger partial charge in [-0.2, -0.15) is 5.10 Å². The number of rotatable bonds is 2. The highest BCUT2D eigenvalue weighted by atomic mass is 79.9. The number of hydrogen-bond donors (Lipinski definition) is 2. The summed E-state index contributed by atoms with van der Waals surface area (Å²) >= 11 is 3.46. The molecule has 3 aromatic rings. The van der Waals surface area contributed by atoms with Crippen molar-refractivity contribution in [3.63, 3.8) is 0 Å². The minimum atomic E-state index is 0.0824. The maximum atomic E-state index is 12.8. The van der Waals surface area contributed by atoms with Crippen LogP contribution in [0.1, 0.15) is 40.6 Å². The van der Waals surface area contributed by atoms with Crippen LogP contribution in [0, 0.1) is 6.92 Å². The number of likely N-dealkylation sites (tertiary alicyclic amines) is 1. The topological polar surface area (TPSA) is 64.8 Å². The molecular weight excluding hydrogens is 368 g/mol. The van der Waals surface area contributed by atoms with E-state index in [0.717, 1.165) is 52.7 Å². The molecule has 2 N–H and O–H groups in total. The fourth-order valence-corrected chi connectivity index (χ4v) is 3.77. The van der Waals surface area contributed by atoms with Gasteiger partial charge < -0.3 is 9.88 Å².